The van der Waals surface area contributed by atoms with E-state index >= 15 is 0 Å². The molecule has 4 nitrogen and oxygen atoms in total. The molecule has 0 amide bonds. The van der Waals surface area contributed by atoms with Gasteiger partial charge in [0.1, 0.15) is 10.8 Å². The van der Waals surface area contributed by atoms with Crippen LogP contribution in [0.25, 0.3) is 0 Å². The van der Waals surface area contributed by atoms with Crippen molar-refractivity contribution in [2.75, 3.05) is 37.6 Å². The average Bonchev–Trinajstić information content (AvgIpc) is 2.99. The lowest BCUT2D eigenvalue weighted by molar-refractivity contribution is 0.288. The predicted molar refractivity (Wildman–Crippen MR) is 86.6 cm³/mol. The van der Waals surface area contributed by atoms with Crippen LogP contribution in [0.2, 0.25) is 0 Å². The predicted octanol–water partition coefficient (Wildman–Crippen LogP) is 2.02. The van der Waals surface area contributed by atoms with Crippen molar-refractivity contribution in [3.05, 3.63) is 40.7 Å². The first-order valence-corrected chi connectivity index (χ1v) is 8.04. The highest BCUT2D eigenvalue weighted by molar-refractivity contribution is 7.15. The maximum Gasteiger partial charge on any atom is 0.208 e. The first-order valence-electron chi connectivity index (χ1n) is 7.22. The van der Waals surface area contributed by atoms with E-state index in [1.165, 1.54) is 12.1 Å². The summed E-state index contributed by atoms with van der Waals surface area (Å²) in [5, 5.41) is 10.4. The van der Waals surface area contributed by atoms with Crippen molar-refractivity contribution >= 4 is 16.5 Å². The third kappa shape index (κ3) is 3.62. The van der Waals surface area contributed by atoms with Crippen molar-refractivity contribution in [2.24, 2.45) is 0 Å². The Kier molecular flexibility index (Phi) is 4.66. The second-order valence-electron chi connectivity index (χ2n) is 5.25. The van der Waals surface area contributed by atoms with Crippen molar-refractivity contribution in [3.8, 4) is 12.3 Å². The van der Waals surface area contributed by atoms with Crippen LogP contribution in [0.4, 0.5) is 9.52 Å². The highest BCUT2D eigenvalue weighted by Gasteiger charge is 2.19. The Hall–Kier alpha value is -1.97. The van der Waals surface area contributed by atoms with Gasteiger partial charge in [-0.05, 0) is 17.7 Å². The monoisotopic (exact) mass is 316 g/mol. The third-order valence-corrected chi connectivity index (χ3v) is 4.67. The number of piperazine rings is 1. The normalized spacial score (nSPS) is 15.7. The van der Waals surface area contributed by atoms with E-state index in [0.29, 0.717) is 13.0 Å². The van der Waals surface area contributed by atoms with Crippen molar-refractivity contribution in [1.29, 1.82) is 0 Å². The van der Waals surface area contributed by atoms with Crippen molar-refractivity contribution in [2.45, 2.75) is 6.42 Å². The summed E-state index contributed by atoms with van der Waals surface area (Å²) in [6.07, 6.45) is 6.03. The molecule has 114 valence electrons. The Balaban J connectivity index is 1.60. The molecular formula is C16H17FN4S. The molecule has 6 heteroatoms. The average molecular weight is 316 g/mol. The van der Waals surface area contributed by atoms with Gasteiger partial charge in [0.05, 0.1) is 6.54 Å². The Labute approximate surface area is 133 Å². The van der Waals surface area contributed by atoms with Crippen LogP contribution < -0.4 is 4.90 Å². The van der Waals surface area contributed by atoms with Gasteiger partial charge < -0.3 is 4.90 Å². The molecular weight excluding hydrogens is 299 g/mol. The summed E-state index contributed by atoms with van der Waals surface area (Å²) >= 11 is 1.60. The van der Waals surface area contributed by atoms with Gasteiger partial charge in [0.2, 0.25) is 5.13 Å². The maximum atomic E-state index is 12.9. The van der Waals surface area contributed by atoms with Crippen LogP contribution in [0.15, 0.2) is 24.3 Å². The van der Waals surface area contributed by atoms with Crippen LogP contribution >= 0.6 is 11.3 Å². The van der Waals surface area contributed by atoms with Crippen LogP contribution in [0.3, 0.4) is 0 Å². The summed E-state index contributed by atoms with van der Waals surface area (Å²) < 4.78 is 12.9. The van der Waals surface area contributed by atoms with Gasteiger partial charge in [-0.2, -0.15) is 0 Å². The highest BCUT2D eigenvalue weighted by atomic mass is 32.1. The van der Waals surface area contributed by atoms with Crippen molar-refractivity contribution in [3.63, 3.8) is 0 Å². The molecule has 1 aliphatic rings. The van der Waals surface area contributed by atoms with Gasteiger partial charge in [-0.3, -0.25) is 4.90 Å². The number of hydrogen-bond donors (Lipinski definition) is 0. The molecule has 2 aromatic rings. The molecule has 1 aromatic carbocycles. The van der Waals surface area contributed by atoms with Gasteiger partial charge in [-0.25, -0.2) is 4.39 Å². The van der Waals surface area contributed by atoms with Crippen molar-refractivity contribution in [1.82, 2.24) is 15.1 Å². The molecule has 22 heavy (non-hydrogen) atoms. The number of terminal acetylenes is 1. The van der Waals surface area contributed by atoms with Gasteiger partial charge >= 0.3 is 0 Å². The van der Waals surface area contributed by atoms with E-state index in [-0.39, 0.29) is 5.82 Å². The fourth-order valence-electron chi connectivity index (χ4n) is 2.45. The topological polar surface area (TPSA) is 32.3 Å². The zero-order valence-electron chi connectivity index (χ0n) is 12.2. The quantitative estimate of drug-likeness (QED) is 0.808. The molecule has 1 saturated heterocycles. The Morgan fingerprint density at radius 2 is 1.86 bits per heavy atom. The summed E-state index contributed by atoms with van der Waals surface area (Å²) in [5.41, 5.74) is 1.04. The standard InChI is InChI=1S/C16H17FN4S/c1-2-7-20-8-10-21(11-9-20)16-19-18-15(22-16)12-13-3-5-14(17)6-4-13/h1,3-6H,7-12H2. The number of aromatic nitrogens is 2. The van der Waals surface area contributed by atoms with Gasteiger partial charge in [-0.1, -0.05) is 29.4 Å². The van der Waals surface area contributed by atoms with Gasteiger partial charge in [0.15, 0.2) is 0 Å². The van der Waals surface area contributed by atoms with Gasteiger partial charge in [0, 0.05) is 32.6 Å². The molecule has 3 rings (SSSR count). The van der Waals surface area contributed by atoms with E-state index in [1.54, 1.807) is 23.5 Å². The fraction of sp³-hybridized carbons (Fsp3) is 0.375. The summed E-state index contributed by atoms with van der Waals surface area (Å²) in [7, 11) is 0. The maximum absolute atomic E-state index is 12.9. The minimum absolute atomic E-state index is 0.216. The van der Waals surface area contributed by atoms with E-state index in [4.69, 9.17) is 6.42 Å². The van der Waals surface area contributed by atoms with Gasteiger partial charge in [0.25, 0.3) is 0 Å². The summed E-state index contributed by atoms with van der Waals surface area (Å²) in [6.45, 7) is 4.47. The highest BCUT2D eigenvalue weighted by Crippen LogP contribution is 2.23. The third-order valence-electron chi connectivity index (χ3n) is 3.68. The van der Waals surface area contributed by atoms with E-state index in [1.807, 2.05) is 0 Å². The molecule has 0 saturated carbocycles. The van der Waals surface area contributed by atoms with Crippen LogP contribution in [0.1, 0.15) is 10.6 Å². The fourth-order valence-corrected chi connectivity index (χ4v) is 3.37. The minimum Gasteiger partial charge on any atom is -0.344 e. The molecule has 2 heterocycles. The number of hydrogen-bond acceptors (Lipinski definition) is 5. The number of rotatable bonds is 4. The summed E-state index contributed by atoms with van der Waals surface area (Å²) in [6, 6.07) is 6.52. The van der Waals surface area contributed by atoms with Gasteiger partial charge in [-0.15, -0.1) is 16.6 Å². The van der Waals surface area contributed by atoms with Crippen LogP contribution in [0.5, 0.6) is 0 Å². The van der Waals surface area contributed by atoms with Crippen LogP contribution in [0, 0.1) is 18.2 Å². The number of benzene rings is 1. The second-order valence-corrected chi connectivity index (χ2v) is 6.29. The Morgan fingerprint density at radius 3 is 2.55 bits per heavy atom. The smallest absolute Gasteiger partial charge is 0.208 e. The largest absolute Gasteiger partial charge is 0.344 e. The SMILES string of the molecule is C#CCN1CCN(c2nnc(Cc3ccc(F)cc3)s2)CC1. The lowest BCUT2D eigenvalue weighted by Gasteiger charge is -2.33. The molecule has 0 bridgehead atoms. The lowest BCUT2D eigenvalue weighted by Crippen LogP contribution is -2.46. The zero-order chi connectivity index (χ0) is 15.4. The first-order chi connectivity index (χ1) is 10.7. The van der Waals surface area contributed by atoms with E-state index < -0.39 is 0 Å². The molecule has 1 aromatic heterocycles. The number of nitrogens with zero attached hydrogens (tertiary/aromatic N) is 4. The number of anilines is 1. The summed E-state index contributed by atoms with van der Waals surface area (Å²) in [5.74, 6) is 2.47. The van der Waals surface area contributed by atoms with E-state index in [2.05, 4.69) is 25.9 Å². The molecule has 1 aliphatic heterocycles. The molecule has 0 N–H and O–H groups in total. The molecule has 0 atom stereocenters. The summed E-state index contributed by atoms with van der Waals surface area (Å²) in [4.78, 5) is 4.51. The number of halogens is 1. The molecule has 1 fully saturated rings. The zero-order valence-corrected chi connectivity index (χ0v) is 13.0. The van der Waals surface area contributed by atoms with E-state index in [0.717, 1.165) is 41.9 Å². The van der Waals surface area contributed by atoms with E-state index in [9.17, 15) is 4.39 Å². The lowest BCUT2D eigenvalue weighted by atomic mass is 10.2. The molecule has 0 aliphatic carbocycles. The Morgan fingerprint density at radius 1 is 1.14 bits per heavy atom. The van der Waals surface area contributed by atoms with Crippen LogP contribution in [-0.4, -0.2) is 47.8 Å². The van der Waals surface area contributed by atoms with Crippen molar-refractivity contribution < 1.29 is 4.39 Å². The molecule has 0 radical (unpaired) electrons. The minimum atomic E-state index is -0.216. The molecule has 0 spiro atoms. The Bertz CT molecular complexity index is 654. The first kappa shape index (κ1) is 14.9. The molecule has 0 unspecified atom stereocenters. The van der Waals surface area contributed by atoms with Crippen LogP contribution in [-0.2, 0) is 6.42 Å². The second kappa shape index (κ2) is 6.86.